The van der Waals surface area contributed by atoms with Crippen molar-refractivity contribution >= 4 is 28.2 Å². The molecule has 0 spiro atoms. The summed E-state index contributed by atoms with van der Waals surface area (Å²) in [4.78, 5) is 24.5. The number of amides is 1. The van der Waals surface area contributed by atoms with Gasteiger partial charge in [0.15, 0.2) is 0 Å². The normalized spacial score (nSPS) is 10.2. The van der Waals surface area contributed by atoms with Crippen LogP contribution in [0.2, 0.25) is 0 Å². The third-order valence-corrected chi connectivity index (χ3v) is 3.68. The van der Waals surface area contributed by atoms with Crippen LogP contribution in [0.4, 0.5) is 5.00 Å². The van der Waals surface area contributed by atoms with Crippen molar-refractivity contribution in [2.24, 2.45) is 0 Å². The van der Waals surface area contributed by atoms with Gasteiger partial charge in [0.05, 0.1) is 12.2 Å². The van der Waals surface area contributed by atoms with Gasteiger partial charge >= 0.3 is 5.97 Å². The highest BCUT2D eigenvalue weighted by molar-refractivity contribution is 7.16. The lowest BCUT2D eigenvalue weighted by Crippen LogP contribution is -2.14. The fourth-order valence-corrected chi connectivity index (χ4v) is 2.88. The van der Waals surface area contributed by atoms with Gasteiger partial charge < -0.3 is 10.1 Å². The molecule has 18 heavy (non-hydrogen) atoms. The van der Waals surface area contributed by atoms with Crippen LogP contribution in [0.1, 0.15) is 48.0 Å². The van der Waals surface area contributed by atoms with Gasteiger partial charge in [-0.1, -0.05) is 13.8 Å². The minimum atomic E-state index is -0.356. The predicted molar refractivity (Wildman–Crippen MR) is 73.3 cm³/mol. The topological polar surface area (TPSA) is 55.4 Å². The number of ether oxygens (including phenoxy) is 1. The molecule has 0 aliphatic heterocycles. The lowest BCUT2D eigenvalue weighted by molar-refractivity contribution is -0.115. The van der Waals surface area contributed by atoms with Crippen molar-refractivity contribution in [2.45, 2.75) is 40.5 Å². The third-order valence-electron chi connectivity index (χ3n) is 2.62. The van der Waals surface area contributed by atoms with Gasteiger partial charge in [0, 0.05) is 11.3 Å². The first-order chi connectivity index (χ1) is 8.54. The summed E-state index contributed by atoms with van der Waals surface area (Å²) >= 11 is 1.43. The Morgan fingerprint density at radius 2 is 1.94 bits per heavy atom. The van der Waals surface area contributed by atoms with Crippen molar-refractivity contribution in [3.8, 4) is 0 Å². The Bertz CT molecular complexity index is 451. The fraction of sp³-hybridized carbons (Fsp3) is 0.538. The first kappa shape index (κ1) is 14.7. The first-order valence-electron chi connectivity index (χ1n) is 6.14. The molecule has 0 fully saturated rings. The number of aryl methyl sites for hydroxylation is 1. The molecule has 4 nitrogen and oxygen atoms in total. The van der Waals surface area contributed by atoms with Crippen LogP contribution < -0.4 is 5.32 Å². The lowest BCUT2D eigenvalue weighted by atomic mass is 10.1. The summed E-state index contributed by atoms with van der Waals surface area (Å²) in [6, 6.07) is 0. The molecule has 1 aromatic heterocycles. The summed E-state index contributed by atoms with van der Waals surface area (Å²) in [6.45, 7) is 7.82. The Hall–Kier alpha value is -1.36. The van der Waals surface area contributed by atoms with Crippen molar-refractivity contribution in [3.05, 3.63) is 16.0 Å². The molecule has 0 aromatic carbocycles. The number of hydrogen-bond donors (Lipinski definition) is 1. The number of thiophene rings is 1. The van der Waals surface area contributed by atoms with Crippen molar-refractivity contribution in [3.63, 3.8) is 0 Å². The third kappa shape index (κ3) is 3.10. The first-order valence-corrected chi connectivity index (χ1v) is 6.95. The molecule has 0 saturated heterocycles. The standard InChI is InChI=1S/C13H19NO3S/c1-5-9-8(4)18-12(14-10(15)6-2)11(9)13(16)17-7-3/h5-7H2,1-4H3,(H,14,15). The van der Waals surface area contributed by atoms with E-state index in [0.29, 0.717) is 23.6 Å². The van der Waals surface area contributed by atoms with E-state index in [1.807, 2.05) is 13.8 Å². The Morgan fingerprint density at radius 1 is 1.28 bits per heavy atom. The van der Waals surface area contributed by atoms with Gasteiger partial charge in [-0.3, -0.25) is 4.79 Å². The van der Waals surface area contributed by atoms with Gasteiger partial charge in [-0.25, -0.2) is 4.79 Å². The monoisotopic (exact) mass is 269 g/mol. The number of anilines is 1. The van der Waals surface area contributed by atoms with Crippen LogP contribution in [0.3, 0.4) is 0 Å². The van der Waals surface area contributed by atoms with Crippen molar-refractivity contribution in [2.75, 3.05) is 11.9 Å². The van der Waals surface area contributed by atoms with Gasteiger partial charge in [0.1, 0.15) is 5.00 Å². The zero-order valence-electron chi connectivity index (χ0n) is 11.3. The smallest absolute Gasteiger partial charge is 0.341 e. The summed E-state index contributed by atoms with van der Waals surface area (Å²) in [6.07, 6.45) is 1.14. The van der Waals surface area contributed by atoms with E-state index in [4.69, 9.17) is 4.74 Å². The van der Waals surface area contributed by atoms with E-state index in [1.54, 1.807) is 13.8 Å². The van der Waals surface area contributed by atoms with Gasteiger partial charge in [0.2, 0.25) is 5.91 Å². The van der Waals surface area contributed by atoms with Crippen LogP contribution in [-0.4, -0.2) is 18.5 Å². The zero-order chi connectivity index (χ0) is 13.7. The Morgan fingerprint density at radius 3 is 2.44 bits per heavy atom. The van der Waals surface area contributed by atoms with Crippen LogP contribution in [-0.2, 0) is 16.0 Å². The molecule has 0 bridgehead atoms. The molecule has 0 aliphatic carbocycles. The molecule has 1 N–H and O–H groups in total. The van der Waals surface area contributed by atoms with E-state index in [9.17, 15) is 9.59 Å². The summed E-state index contributed by atoms with van der Waals surface area (Å²) in [5.74, 6) is -0.449. The van der Waals surface area contributed by atoms with E-state index in [2.05, 4.69) is 5.32 Å². The number of rotatable bonds is 5. The molecular formula is C13H19NO3S. The molecule has 1 aromatic rings. The molecule has 1 rings (SSSR count). The largest absolute Gasteiger partial charge is 0.462 e. The molecule has 100 valence electrons. The van der Waals surface area contributed by atoms with Gasteiger partial charge in [-0.2, -0.15) is 0 Å². The molecule has 0 saturated carbocycles. The number of carbonyl (C=O) groups excluding carboxylic acids is 2. The molecule has 0 unspecified atom stereocenters. The second-order valence-electron chi connectivity index (χ2n) is 3.82. The Balaban J connectivity index is 3.16. The van der Waals surface area contributed by atoms with Crippen molar-refractivity contribution in [1.82, 2.24) is 0 Å². The SMILES string of the molecule is CCOC(=O)c1c(NC(=O)CC)sc(C)c1CC. The van der Waals surface area contributed by atoms with E-state index < -0.39 is 0 Å². The second kappa shape index (κ2) is 6.54. The summed E-state index contributed by atoms with van der Waals surface area (Å²) in [5, 5.41) is 3.38. The Kier molecular flexibility index (Phi) is 5.34. The van der Waals surface area contributed by atoms with Crippen molar-refractivity contribution in [1.29, 1.82) is 0 Å². The van der Waals surface area contributed by atoms with Crippen LogP contribution in [0, 0.1) is 6.92 Å². The minimum absolute atomic E-state index is 0.0931. The quantitative estimate of drug-likeness (QED) is 0.835. The van der Waals surface area contributed by atoms with E-state index in [0.717, 1.165) is 16.9 Å². The van der Waals surface area contributed by atoms with Crippen LogP contribution in [0.5, 0.6) is 0 Å². The molecular weight excluding hydrogens is 250 g/mol. The van der Waals surface area contributed by atoms with Crippen molar-refractivity contribution < 1.29 is 14.3 Å². The summed E-state index contributed by atoms with van der Waals surface area (Å²) in [5.41, 5.74) is 1.48. The second-order valence-corrected chi connectivity index (χ2v) is 5.04. The zero-order valence-corrected chi connectivity index (χ0v) is 12.1. The summed E-state index contributed by atoms with van der Waals surface area (Å²) < 4.78 is 5.06. The predicted octanol–water partition coefficient (Wildman–Crippen LogP) is 3.14. The highest BCUT2D eigenvalue weighted by Gasteiger charge is 2.22. The van der Waals surface area contributed by atoms with Gasteiger partial charge in [0.25, 0.3) is 0 Å². The Labute approximate surface area is 111 Å². The minimum Gasteiger partial charge on any atom is -0.462 e. The van der Waals surface area contributed by atoms with E-state index >= 15 is 0 Å². The average Bonchev–Trinajstić information content (AvgIpc) is 2.65. The fourth-order valence-electron chi connectivity index (χ4n) is 1.73. The maximum Gasteiger partial charge on any atom is 0.341 e. The maximum atomic E-state index is 12.0. The molecule has 1 amide bonds. The lowest BCUT2D eigenvalue weighted by Gasteiger charge is -2.07. The molecule has 1 heterocycles. The average molecular weight is 269 g/mol. The highest BCUT2D eigenvalue weighted by atomic mass is 32.1. The molecule has 0 radical (unpaired) electrons. The molecule has 0 aliphatic rings. The van der Waals surface area contributed by atoms with Crippen LogP contribution in [0.15, 0.2) is 0 Å². The number of nitrogens with one attached hydrogen (secondary N) is 1. The van der Waals surface area contributed by atoms with Crippen LogP contribution >= 0.6 is 11.3 Å². The van der Waals surface area contributed by atoms with Gasteiger partial charge in [-0.15, -0.1) is 11.3 Å². The van der Waals surface area contributed by atoms with E-state index in [-0.39, 0.29) is 11.9 Å². The number of carbonyl (C=O) groups is 2. The van der Waals surface area contributed by atoms with Crippen LogP contribution in [0.25, 0.3) is 0 Å². The summed E-state index contributed by atoms with van der Waals surface area (Å²) in [7, 11) is 0. The number of esters is 1. The number of hydrogen-bond acceptors (Lipinski definition) is 4. The molecule has 0 atom stereocenters. The molecule has 5 heteroatoms. The highest BCUT2D eigenvalue weighted by Crippen LogP contribution is 2.34. The van der Waals surface area contributed by atoms with Gasteiger partial charge in [-0.05, 0) is 25.8 Å². The van der Waals surface area contributed by atoms with E-state index in [1.165, 1.54) is 11.3 Å². The maximum absolute atomic E-state index is 12.0.